The molecule has 176 valence electrons. The van der Waals surface area contributed by atoms with Crippen molar-refractivity contribution in [3.05, 3.63) is 106 Å². The lowest BCUT2D eigenvalue weighted by Crippen LogP contribution is -2.24. The monoisotopic (exact) mass is 486 g/mol. The Balaban J connectivity index is 1.49. The molecule has 4 rings (SSSR count). The maximum Gasteiger partial charge on any atom is 0.343 e. The van der Waals surface area contributed by atoms with Gasteiger partial charge in [0.25, 0.3) is 5.91 Å². The first-order chi connectivity index (χ1) is 16.9. The largest absolute Gasteiger partial charge is 0.484 e. The molecule has 0 fully saturated rings. The van der Waals surface area contributed by atoms with E-state index >= 15 is 0 Å². The molecule has 0 heterocycles. The molecule has 0 aliphatic carbocycles. The highest BCUT2D eigenvalue weighted by atomic mass is 35.5. The first-order valence-electron chi connectivity index (χ1n) is 10.9. The Hall–Kier alpha value is -4.16. The number of hydrazone groups is 1. The van der Waals surface area contributed by atoms with Crippen molar-refractivity contribution in [2.24, 2.45) is 5.10 Å². The van der Waals surface area contributed by atoms with Crippen LogP contribution in [0.25, 0.3) is 10.8 Å². The van der Waals surface area contributed by atoms with Gasteiger partial charge in [0.2, 0.25) is 0 Å². The molecule has 0 radical (unpaired) electrons. The SMILES string of the molecule is Cc1ccc(OCC(=O)N/N=C\c2c(OC(=O)c3ccc(Cl)cc3)ccc3ccccc23)cc1C. The Bertz CT molecular complexity index is 1410. The number of hydrogen-bond acceptors (Lipinski definition) is 5. The van der Waals surface area contributed by atoms with Crippen molar-refractivity contribution < 1.29 is 19.1 Å². The molecule has 0 saturated carbocycles. The zero-order valence-electron chi connectivity index (χ0n) is 19.2. The first-order valence-corrected chi connectivity index (χ1v) is 11.3. The van der Waals surface area contributed by atoms with Gasteiger partial charge in [0.1, 0.15) is 11.5 Å². The zero-order valence-corrected chi connectivity index (χ0v) is 20.0. The number of rotatable bonds is 7. The normalized spacial score (nSPS) is 10.9. The highest BCUT2D eigenvalue weighted by Gasteiger charge is 2.14. The number of esters is 1. The van der Waals surface area contributed by atoms with Gasteiger partial charge in [0.05, 0.1) is 11.8 Å². The Kier molecular flexibility index (Phi) is 7.43. The fraction of sp³-hybridized carbons (Fsp3) is 0.107. The van der Waals surface area contributed by atoms with E-state index in [9.17, 15) is 9.59 Å². The van der Waals surface area contributed by atoms with Gasteiger partial charge in [-0.1, -0.05) is 48.0 Å². The third-order valence-corrected chi connectivity index (χ3v) is 5.70. The fourth-order valence-electron chi connectivity index (χ4n) is 3.40. The lowest BCUT2D eigenvalue weighted by molar-refractivity contribution is -0.123. The summed E-state index contributed by atoms with van der Waals surface area (Å²) in [6.45, 7) is 3.80. The molecule has 1 amide bonds. The number of benzene rings is 4. The molecule has 0 saturated heterocycles. The summed E-state index contributed by atoms with van der Waals surface area (Å²) in [5.74, 6) is -0.0254. The van der Waals surface area contributed by atoms with Gasteiger partial charge in [-0.25, -0.2) is 10.2 Å². The third kappa shape index (κ3) is 6.05. The standard InChI is InChI=1S/C28H23ClN2O4/c1-18-7-13-23(15-19(18)2)34-17-27(32)31-30-16-25-24-6-4-3-5-20(24)10-14-26(25)35-28(33)21-8-11-22(29)12-9-21/h3-16H,17H2,1-2H3,(H,31,32)/b30-16-. The van der Waals surface area contributed by atoms with E-state index < -0.39 is 11.9 Å². The number of hydrogen-bond donors (Lipinski definition) is 1. The topological polar surface area (TPSA) is 77.0 Å². The molecule has 0 unspecified atom stereocenters. The quantitative estimate of drug-likeness (QED) is 0.154. The van der Waals surface area contributed by atoms with E-state index in [1.807, 2.05) is 62.4 Å². The molecule has 1 N–H and O–H groups in total. The molecule has 0 atom stereocenters. The van der Waals surface area contributed by atoms with Crippen LogP contribution in [0.3, 0.4) is 0 Å². The Labute approximate surface area is 208 Å². The number of carbonyl (C=O) groups is 2. The second-order valence-corrected chi connectivity index (χ2v) is 8.36. The van der Waals surface area contributed by atoms with Crippen molar-refractivity contribution in [1.82, 2.24) is 5.43 Å². The molecule has 4 aromatic carbocycles. The summed E-state index contributed by atoms with van der Waals surface area (Å²) in [5.41, 5.74) is 5.61. The van der Waals surface area contributed by atoms with Crippen LogP contribution in [0.4, 0.5) is 0 Å². The molecular formula is C28H23ClN2O4. The van der Waals surface area contributed by atoms with Crippen LogP contribution in [-0.4, -0.2) is 24.7 Å². The minimum absolute atomic E-state index is 0.187. The molecule has 0 aromatic heterocycles. The lowest BCUT2D eigenvalue weighted by atomic mass is 10.0. The number of amides is 1. The maximum atomic E-state index is 12.7. The molecule has 35 heavy (non-hydrogen) atoms. The van der Waals surface area contributed by atoms with Crippen LogP contribution < -0.4 is 14.9 Å². The van der Waals surface area contributed by atoms with Crippen LogP contribution in [-0.2, 0) is 4.79 Å². The van der Waals surface area contributed by atoms with Gasteiger partial charge < -0.3 is 9.47 Å². The summed E-state index contributed by atoms with van der Waals surface area (Å²) in [7, 11) is 0. The predicted molar refractivity (Wildman–Crippen MR) is 138 cm³/mol. The van der Waals surface area contributed by atoms with Crippen molar-refractivity contribution in [3.63, 3.8) is 0 Å². The smallest absolute Gasteiger partial charge is 0.343 e. The van der Waals surface area contributed by atoms with Crippen molar-refractivity contribution in [3.8, 4) is 11.5 Å². The van der Waals surface area contributed by atoms with E-state index in [-0.39, 0.29) is 6.61 Å². The predicted octanol–water partition coefficient (Wildman–Crippen LogP) is 5.86. The number of nitrogens with zero attached hydrogens (tertiary/aromatic N) is 1. The average Bonchev–Trinajstić information content (AvgIpc) is 2.86. The lowest BCUT2D eigenvalue weighted by Gasteiger charge is -2.11. The van der Waals surface area contributed by atoms with Crippen LogP contribution in [0.15, 0.2) is 84.0 Å². The van der Waals surface area contributed by atoms with E-state index in [1.165, 1.54) is 6.21 Å². The minimum atomic E-state index is -0.530. The van der Waals surface area contributed by atoms with Crippen molar-refractivity contribution >= 4 is 40.5 Å². The van der Waals surface area contributed by atoms with Crippen LogP contribution in [0.1, 0.15) is 27.0 Å². The maximum absolute atomic E-state index is 12.7. The van der Waals surface area contributed by atoms with Gasteiger partial charge in [-0.2, -0.15) is 5.10 Å². The summed E-state index contributed by atoms with van der Waals surface area (Å²) in [6, 6.07) is 23.2. The Morgan fingerprint density at radius 3 is 2.49 bits per heavy atom. The molecular weight excluding hydrogens is 464 g/mol. The second-order valence-electron chi connectivity index (χ2n) is 7.92. The van der Waals surface area contributed by atoms with E-state index in [2.05, 4.69) is 10.5 Å². The van der Waals surface area contributed by atoms with E-state index in [1.54, 1.807) is 30.3 Å². The van der Waals surface area contributed by atoms with Crippen LogP contribution in [0, 0.1) is 13.8 Å². The van der Waals surface area contributed by atoms with Crippen LogP contribution >= 0.6 is 11.6 Å². The van der Waals surface area contributed by atoms with Gasteiger partial charge in [0, 0.05) is 10.6 Å². The average molecular weight is 487 g/mol. The van der Waals surface area contributed by atoms with Crippen LogP contribution in [0.2, 0.25) is 5.02 Å². The summed E-state index contributed by atoms with van der Waals surface area (Å²) in [5, 5.41) is 6.35. The first kappa shape index (κ1) is 24.0. The van der Waals surface area contributed by atoms with Crippen molar-refractivity contribution in [2.45, 2.75) is 13.8 Å². The Morgan fingerprint density at radius 2 is 1.71 bits per heavy atom. The van der Waals surface area contributed by atoms with Crippen LogP contribution in [0.5, 0.6) is 11.5 Å². The molecule has 0 spiro atoms. The summed E-state index contributed by atoms with van der Waals surface area (Å²) >= 11 is 5.91. The molecule has 0 aliphatic heterocycles. The van der Waals surface area contributed by atoms with Gasteiger partial charge >= 0.3 is 5.97 Å². The van der Waals surface area contributed by atoms with E-state index in [0.29, 0.717) is 27.6 Å². The van der Waals surface area contributed by atoms with Gasteiger partial charge in [-0.3, -0.25) is 4.79 Å². The highest BCUT2D eigenvalue weighted by molar-refractivity contribution is 6.30. The third-order valence-electron chi connectivity index (χ3n) is 5.44. The van der Waals surface area contributed by atoms with E-state index in [4.69, 9.17) is 21.1 Å². The zero-order chi connectivity index (χ0) is 24.8. The second kappa shape index (κ2) is 10.8. The minimum Gasteiger partial charge on any atom is -0.484 e. The molecule has 0 aliphatic rings. The highest BCUT2D eigenvalue weighted by Crippen LogP contribution is 2.27. The fourth-order valence-corrected chi connectivity index (χ4v) is 3.52. The summed E-state index contributed by atoms with van der Waals surface area (Å²) in [4.78, 5) is 24.9. The Morgan fingerprint density at radius 1 is 0.943 bits per heavy atom. The molecule has 4 aromatic rings. The number of nitrogens with one attached hydrogen (secondary N) is 1. The van der Waals surface area contributed by atoms with Crippen molar-refractivity contribution in [1.29, 1.82) is 0 Å². The number of carbonyl (C=O) groups excluding carboxylic acids is 2. The van der Waals surface area contributed by atoms with Gasteiger partial charge in [-0.15, -0.1) is 0 Å². The van der Waals surface area contributed by atoms with Crippen molar-refractivity contribution in [2.75, 3.05) is 6.61 Å². The van der Waals surface area contributed by atoms with Gasteiger partial charge in [0.15, 0.2) is 6.61 Å². The summed E-state index contributed by atoms with van der Waals surface area (Å²) < 4.78 is 11.2. The number of halogens is 1. The van der Waals surface area contributed by atoms with Gasteiger partial charge in [-0.05, 0) is 78.2 Å². The molecule has 6 nitrogen and oxygen atoms in total. The number of ether oxygens (including phenoxy) is 2. The number of fused-ring (bicyclic) bond motifs is 1. The molecule has 0 bridgehead atoms. The van der Waals surface area contributed by atoms with E-state index in [0.717, 1.165) is 21.9 Å². The molecule has 7 heteroatoms. The number of aryl methyl sites for hydroxylation is 2. The summed E-state index contributed by atoms with van der Waals surface area (Å²) in [6.07, 6.45) is 1.46.